The van der Waals surface area contributed by atoms with Crippen molar-refractivity contribution in [3.8, 4) is 0 Å². The van der Waals surface area contributed by atoms with Gasteiger partial charge in [0.25, 0.3) is 0 Å². The lowest BCUT2D eigenvalue weighted by Crippen LogP contribution is -2.94. The largest absolute Gasteiger partial charge is 0.372 e. The van der Waals surface area contributed by atoms with Gasteiger partial charge in [-0.3, -0.25) is 0 Å². The zero-order valence-corrected chi connectivity index (χ0v) is 14.6. The summed E-state index contributed by atoms with van der Waals surface area (Å²) in [5, 5.41) is 2.49. The Labute approximate surface area is 130 Å². The van der Waals surface area contributed by atoms with Crippen LogP contribution in [0.1, 0.15) is 59.4 Å². The van der Waals surface area contributed by atoms with E-state index in [2.05, 4.69) is 69.1 Å². The Morgan fingerprint density at radius 1 is 0.952 bits per heavy atom. The lowest BCUT2D eigenvalue weighted by Gasteiger charge is -2.30. The fourth-order valence-corrected chi connectivity index (χ4v) is 3.65. The van der Waals surface area contributed by atoms with Crippen LogP contribution in [0.15, 0.2) is 24.3 Å². The van der Waals surface area contributed by atoms with Crippen LogP contribution in [-0.4, -0.2) is 18.6 Å². The fraction of sp³-hybridized carbons (Fsp3) is 0.684. The molecule has 1 aromatic rings. The number of anilines is 1. The van der Waals surface area contributed by atoms with E-state index in [0.717, 1.165) is 6.54 Å². The van der Waals surface area contributed by atoms with E-state index in [4.69, 9.17) is 0 Å². The molecule has 0 bridgehead atoms. The third-order valence-corrected chi connectivity index (χ3v) is 4.28. The maximum atomic E-state index is 2.50. The maximum Gasteiger partial charge on any atom is 0.102 e. The molecule has 21 heavy (non-hydrogen) atoms. The van der Waals surface area contributed by atoms with Gasteiger partial charge < -0.3 is 10.2 Å². The number of benzene rings is 1. The number of rotatable bonds is 5. The summed E-state index contributed by atoms with van der Waals surface area (Å²) < 4.78 is 0. The average molecular weight is 289 g/mol. The van der Waals surface area contributed by atoms with E-state index in [1.807, 2.05) is 0 Å². The normalized spacial score (nSPS) is 16.5. The molecule has 0 amide bonds. The Balaban J connectivity index is 1.88. The van der Waals surface area contributed by atoms with Crippen molar-refractivity contribution < 1.29 is 5.32 Å². The average Bonchev–Trinajstić information content (AvgIpc) is 2.88. The summed E-state index contributed by atoms with van der Waals surface area (Å²) in [4.78, 5) is 2.50. The van der Waals surface area contributed by atoms with Gasteiger partial charge in [0.1, 0.15) is 6.54 Å². The van der Waals surface area contributed by atoms with Crippen molar-refractivity contribution in [1.29, 1.82) is 0 Å². The van der Waals surface area contributed by atoms with Crippen LogP contribution >= 0.6 is 0 Å². The summed E-state index contributed by atoms with van der Waals surface area (Å²) in [6.07, 6.45) is 3.92. The first kappa shape index (κ1) is 16.4. The van der Waals surface area contributed by atoms with Crippen LogP contribution in [0.3, 0.4) is 0 Å². The van der Waals surface area contributed by atoms with Gasteiger partial charge in [-0.1, -0.05) is 32.9 Å². The predicted molar refractivity (Wildman–Crippen MR) is 91.7 cm³/mol. The number of hydrogen-bond donors (Lipinski definition) is 1. The standard InChI is InChI=1S/C19H32N2/c1-18(2,3)15-19(4,5)20-14-16-8-10-17(11-9-16)21-12-6-7-13-21/h8-11,20H,6-7,12-15H2,1-5H3/p+1. The minimum atomic E-state index is 0.297. The van der Waals surface area contributed by atoms with Gasteiger partial charge in [0.15, 0.2) is 0 Å². The van der Waals surface area contributed by atoms with Gasteiger partial charge >= 0.3 is 0 Å². The molecule has 0 spiro atoms. The first-order valence-corrected chi connectivity index (χ1v) is 8.44. The first-order valence-electron chi connectivity index (χ1n) is 8.44. The predicted octanol–water partition coefficient (Wildman–Crippen LogP) is 3.57. The second kappa shape index (κ2) is 6.39. The van der Waals surface area contributed by atoms with Crippen LogP contribution < -0.4 is 10.2 Å². The van der Waals surface area contributed by atoms with E-state index in [1.165, 1.54) is 43.6 Å². The van der Waals surface area contributed by atoms with Crippen molar-refractivity contribution in [1.82, 2.24) is 0 Å². The van der Waals surface area contributed by atoms with Crippen molar-refractivity contribution in [2.24, 2.45) is 5.41 Å². The minimum absolute atomic E-state index is 0.297. The molecule has 1 aliphatic rings. The van der Waals surface area contributed by atoms with Crippen molar-refractivity contribution in [2.75, 3.05) is 18.0 Å². The van der Waals surface area contributed by atoms with Crippen molar-refractivity contribution in [3.63, 3.8) is 0 Å². The number of nitrogens with zero attached hydrogens (tertiary/aromatic N) is 1. The SMILES string of the molecule is CC(C)(C)CC(C)(C)[NH2+]Cc1ccc(N2CCCC2)cc1. The quantitative estimate of drug-likeness (QED) is 0.878. The summed E-state index contributed by atoms with van der Waals surface area (Å²) in [7, 11) is 0. The van der Waals surface area contributed by atoms with Crippen LogP contribution in [-0.2, 0) is 6.54 Å². The summed E-state index contributed by atoms with van der Waals surface area (Å²) in [5.74, 6) is 0. The van der Waals surface area contributed by atoms with Crippen LogP contribution in [0.4, 0.5) is 5.69 Å². The topological polar surface area (TPSA) is 19.9 Å². The van der Waals surface area contributed by atoms with Gasteiger partial charge in [-0.2, -0.15) is 0 Å². The highest BCUT2D eigenvalue weighted by molar-refractivity contribution is 5.48. The second-order valence-electron chi connectivity index (χ2n) is 8.49. The molecule has 0 aromatic heterocycles. The van der Waals surface area contributed by atoms with Crippen molar-refractivity contribution in [3.05, 3.63) is 29.8 Å². The smallest absolute Gasteiger partial charge is 0.102 e. The molecule has 2 heteroatoms. The lowest BCUT2D eigenvalue weighted by atomic mass is 9.82. The van der Waals surface area contributed by atoms with Crippen LogP contribution in [0, 0.1) is 5.41 Å². The second-order valence-corrected chi connectivity index (χ2v) is 8.49. The zero-order valence-electron chi connectivity index (χ0n) is 14.6. The third kappa shape index (κ3) is 5.35. The lowest BCUT2D eigenvalue weighted by molar-refractivity contribution is -0.737. The number of quaternary nitrogens is 1. The third-order valence-electron chi connectivity index (χ3n) is 4.28. The van der Waals surface area contributed by atoms with Gasteiger partial charge in [0, 0.05) is 30.8 Å². The minimum Gasteiger partial charge on any atom is -0.372 e. The van der Waals surface area contributed by atoms with E-state index in [-0.39, 0.29) is 0 Å². The summed E-state index contributed by atoms with van der Waals surface area (Å²) in [6.45, 7) is 15.2. The molecule has 2 nitrogen and oxygen atoms in total. The first-order chi connectivity index (χ1) is 9.75. The van der Waals surface area contributed by atoms with Crippen LogP contribution in [0.5, 0.6) is 0 Å². The van der Waals surface area contributed by atoms with Crippen molar-refractivity contribution in [2.45, 2.75) is 66.0 Å². The number of hydrogen-bond acceptors (Lipinski definition) is 1. The monoisotopic (exact) mass is 289 g/mol. The molecule has 0 unspecified atom stereocenters. The summed E-state index contributed by atoms with van der Waals surface area (Å²) >= 11 is 0. The van der Waals surface area contributed by atoms with Crippen LogP contribution in [0.2, 0.25) is 0 Å². The molecule has 0 aliphatic carbocycles. The Morgan fingerprint density at radius 3 is 2.05 bits per heavy atom. The highest BCUT2D eigenvalue weighted by Crippen LogP contribution is 2.24. The van der Waals surface area contributed by atoms with E-state index in [0.29, 0.717) is 11.0 Å². The molecular weight excluding hydrogens is 256 g/mol. The molecule has 0 atom stereocenters. The molecule has 2 rings (SSSR count). The Bertz CT molecular complexity index is 434. The Hall–Kier alpha value is -1.02. The molecular formula is C19H33N2+. The molecule has 1 aromatic carbocycles. The molecule has 1 aliphatic heterocycles. The van der Waals surface area contributed by atoms with E-state index in [9.17, 15) is 0 Å². The molecule has 1 fully saturated rings. The van der Waals surface area contributed by atoms with Gasteiger partial charge in [-0.15, -0.1) is 0 Å². The zero-order chi connectivity index (χ0) is 15.5. The number of nitrogens with two attached hydrogens (primary N) is 1. The molecule has 0 radical (unpaired) electrons. The van der Waals surface area contributed by atoms with Gasteiger partial charge in [-0.25, -0.2) is 0 Å². The Morgan fingerprint density at radius 2 is 1.52 bits per heavy atom. The van der Waals surface area contributed by atoms with Gasteiger partial charge in [0.2, 0.25) is 0 Å². The van der Waals surface area contributed by atoms with E-state index in [1.54, 1.807) is 0 Å². The van der Waals surface area contributed by atoms with Gasteiger partial charge in [0.05, 0.1) is 5.54 Å². The maximum absolute atomic E-state index is 2.50. The highest BCUT2D eigenvalue weighted by Gasteiger charge is 2.28. The molecule has 118 valence electrons. The van der Waals surface area contributed by atoms with E-state index >= 15 is 0 Å². The Kier molecular flexibility index (Phi) is 4.98. The highest BCUT2D eigenvalue weighted by atomic mass is 15.1. The van der Waals surface area contributed by atoms with E-state index < -0.39 is 0 Å². The van der Waals surface area contributed by atoms with Crippen molar-refractivity contribution >= 4 is 5.69 Å². The fourth-order valence-electron chi connectivity index (χ4n) is 3.65. The molecule has 1 heterocycles. The molecule has 1 saturated heterocycles. The summed E-state index contributed by atoms with van der Waals surface area (Å²) in [6, 6.07) is 9.20. The van der Waals surface area contributed by atoms with Crippen LogP contribution in [0.25, 0.3) is 0 Å². The molecule has 0 saturated carbocycles. The summed E-state index contributed by atoms with van der Waals surface area (Å²) in [5.41, 5.74) is 3.51. The molecule has 2 N–H and O–H groups in total. The van der Waals surface area contributed by atoms with Gasteiger partial charge in [-0.05, 0) is 44.2 Å².